The van der Waals surface area contributed by atoms with E-state index in [0.29, 0.717) is 0 Å². The van der Waals surface area contributed by atoms with Gasteiger partial charge in [0.05, 0.1) is 6.16 Å². The molecule has 0 saturated carbocycles. The van der Waals surface area contributed by atoms with Crippen molar-refractivity contribution in [3.05, 3.63) is 91.0 Å². The number of unbranched alkanes of at least 4 members (excludes halogenated alkanes) is 5. The van der Waals surface area contributed by atoms with Gasteiger partial charge in [0.25, 0.3) is 0 Å². The smallest absolute Gasteiger partial charge is 0.156 e. The average Bonchev–Trinajstić information content (AvgIpc) is 2.87. The van der Waals surface area contributed by atoms with Gasteiger partial charge in [-0.05, 0) is 62.1 Å². The first-order valence-corrected chi connectivity index (χ1v) is 13.9. The van der Waals surface area contributed by atoms with Gasteiger partial charge < -0.3 is 21.9 Å². The number of benzene rings is 3. The SMILES string of the molecule is COC(CCCCCCCC[P+](c1ccccc1)(c1ccccc1)c1ccccc1)OC.[Cl-]. The second-order valence-electron chi connectivity index (χ2n) is 8.35. The van der Waals surface area contributed by atoms with E-state index in [1.54, 1.807) is 14.2 Å². The van der Waals surface area contributed by atoms with Crippen LogP contribution in [0.2, 0.25) is 0 Å². The van der Waals surface area contributed by atoms with Crippen LogP contribution < -0.4 is 28.3 Å². The van der Waals surface area contributed by atoms with Gasteiger partial charge in [0, 0.05) is 14.2 Å². The fourth-order valence-corrected chi connectivity index (χ4v) is 8.99. The molecule has 0 radical (unpaired) electrons. The van der Waals surface area contributed by atoms with Crippen molar-refractivity contribution in [1.82, 2.24) is 0 Å². The maximum absolute atomic E-state index is 5.29. The Morgan fingerprint density at radius 3 is 1.30 bits per heavy atom. The number of hydrogen-bond acceptors (Lipinski definition) is 2. The van der Waals surface area contributed by atoms with E-state index in [1.165, 1.54) is 60.6 Å². The maximum atomic E-state index is 5.29. The summed E-state index contributed by atoms with van der Waals surface area (Å²) in [5, 5.41) is 4.47. The van der Waals surface area contributed by atoms with E-state index in [2.05, 4.69) is 91.0 Å². The topological polar surface area (TPSA) is 18.5 Å². The molecule has 33 heavy (non-hydrogen) atoms. The standard InChI is InChI=1S/C29H38O2P.ClH/c1-30-29(31-2)24-16-5-3-4-6-17-25-32(26-18-10-7-11-19-26,27-20-12-8-13-21-27)28-22-14-9-15-23-28;/h7-15,18-23,29H,3-6,16-17,24-25H2,1-2H3;1H/q+1;/p-1. The van der Waals surface area contributed by atoms with Gasteiger partial charge in [-0.15, -0.1) is 0 Å². The number of ether oxygens (including phenoxy) is 2. The number of halogens is 1. The van der Waals surface area contributed by atoms with Gasteiger partial charge in [-0.3, -0.25) is 0 Å². The molecule has 0 spiro atoms. The van der Waals surface area contributed by atoms with Crippen LogP contribution >= 0.6 is 7.26 Å². The number of rotatable bonds is 14. The highest BCUT2D eigenvalue weighted by Crippen LogP contribution is 2.55. The first-order valence-electron chi connectivity index (χ1n) is 11.9. The summed E-state index contributed by atoms with van der Waals surface area (Å²) in [4.78, 5) is 0. The highest BCUT2D eigenvalue weighted by molar-refractivity contribution is 7.95. The molecule has 3 rings (SSSR count). The molecule has 4 heteroatoms. The molecule has 3 aromatic carbocycles. The molecule has 0 amide bonds. The van der Waals surface area contributed by atoms with Gasteiger partial charge in [0.15, 0.2) is 6.29 Å². The summed E-state index contributed by atoms with van der Waals surface area (Å²) in [6, 6.07) is 33.6. The normalized spacial score (nSPS) is 11.4. The minimum Gasteiger partial charge on any atom is -1.00 e. The van der Waals surface area contributed by atoms with E-state index in [1.807, 2.05) is 0 Å². The second kappa shape index (κ2) is 15.3. The fraction of sp³-hybridized carbons (Fsp3) is 0.379. The zero-order valence-electron chi connectivity index (χ0n) is 20.0. The van der Waals surface area contributed by atoms with Crippen molar-refractivity contribution in [1.29, 1.82) is 0 Å². The highest BCUT2D eigenvalue weighted by Gasteiger charge is 2.44. The predicted molar refractivity (Wildman–Crippen MR) is 140 cm³/mol. The minimum atomic E-state index is -1.67. The monoisotopic (exact) mass is 484 g/mol. The van der Waals surface area contributed by atoms with Gasteiger partial charge in [-0.2, -0.15) is 0 Å². The van der Waals surface area contributed by atoms with Crippen molar-refractivity contribution < 1.29 is 21.9 Å². The van der Waals surface area contributed by atoms with Crippen molar-refractivity contribution in [3.63, 3.8) is 0 Å². The summed E-state index contributed by atoms with van der Waals surface area (Å²) in [5.41, 5.74) is 0. The molecular formula is C29H38ClO2P. The molecule has 3 aromatic rings. The molecule has 0 aliphatic carbocycles. The molecule has 0 N–H and O–H groups in total. The Hall–Kier alpha value is -1.70. The molecule has 0 aliphatic heterocycles. The van der Waals surface area contributed by atoms with E-state index < -0.39 is 7.26 Å². The molecular weight excluding hydrogens is 447 g/mol. The van der Waals surface area contributed by atoms with Gasteiger partial charge in [0.1, 0.15) is 23.2 Å². The zero-order chi connectivity index (χ0) is 22.5. The largest absolute Gasteiger partial charge is 1.00 e. The molecule has 0 atom stereocenters. The van der Waals surface area contributed by atoms with Gasteiger partial charge >= 0.3 is 0 Å². The summed E-state index contributed by atoms with van der Waals surface area (Å²) in [5.74, 6) is 0. The van der Waals surface area contributed by atoms with E-state index in [0.717, 1.165) is 6.42 Å². The third-order valence-electron chi connectivity index (χ3n) is 6.30. The Labute approximate surface area is 207 Å². The molecule has 0 heterocycles. The molecule has 0 bridgehead atoms. The number of hydrogen-bond donors (Lipinski definition) is 0. The first-order chi connectivity index (χ1) is 15.8. The zero-order valence-corrected chi connectivity index (χ0v) is 21.7. The van der Waals surface area contributed by atoms with Gasteiger partial charge in [0.2, 0.25) is 0 Å². The molecule has 0 saturated heterocycles. The van der Waals surface area contributed by atoms with Crippen molar-refractivity contribution in [2.24, 2.45) is 0 Å². The van der Waals surface area contributed by atoms with Crippen LogP contribution in [0, 0.1) is 0 Å². The van der Waals surface area contributed by atoms with E-state index >= 15 is 0 Å². The third-order valence-corrected chi connectivity index (χ3v) is 10.8. The quantitative estimate of drug-likeness (QED) is 0.198. The summed E-state index contributed by atoms with van der Waals surface area (Å²) < 4.78 is 10.6. The van der Waals surface area contributed by atoms with Crippen molar-refractivity contribution in [2.45, 2.75) is 51.2 Å². The number of methoxy groups -OCH3 is 2. The Bertz CT molecular complexity index is 773. The van der Waals surface area contributed by atoms with Crippen LogP contribution in [0.3, 0.4) is 0 Å². The Balaban J connectivity index is 0.00000385. The van der Waals surface area contributed by atoms with Crippen LogP contribution in [0.15, 0.2) is 91.0 Å². The molecule has 0 aliphatic rings. The lowest BCUT2D eigenvalue weighted by Gasteiger charge is -2.27. The van der Waals surface area contributed by atoms with Crippen molar-refractivity contribution in [2.75, 3.05) is 20.4 Å². The molecule has 178 valence electrons. The Morgan fingerprint density at radius 2 is 0.909 bits per heavy atom. The van der Waals surface area contributed by atoms with Crippen LogP contribution in [0.4, 0.5) is 0 Å². The fourth-order valence-electron chi connectivity index (χ4n) is 4.58. The Kier molecular flexibility index (Phi) is 12.7. The summed E-state index contributed by atoms with van der Waals surface area (Å²) in [6.07, 6.45) is 9.69. The summed E-state index contributed by atoms with van der Waals surface area (Å²) >= 11 is 0. The molecule has 2 nitrogen and oxygen atoms in total. The van der Waals surface area contributed by atoms with Crippen LogP contribution in [0.1, 0.15) is 44.9 Å². The van der Waals surface area contributed by atoms with Crippen LogP contribution in [-0.4, -0.2) is 26.7 Å². The Morgan fingerprint density at radius 1 is 0.545 bits per heavy atom. The summed E-state index contributed by atoms with van der Waals surface area (Å²) in [7, 11) is 1.77. The highest BCUT2D eigenvalue weighted by atomic mass is 35.5. The minimum absolute atomic E-state index is 0. The first kappa shape index (κ1) is 27.5. The van der Waals surface area contributed by atoms with E-state index in [-0.39, 0.29) is 18.7 Å². The third kappa shape index (κ3) is 7.66. The van der Waals surface area contributed by atoms with E-state index in [4.69, 9.17) is 9.47 Å². The van der Waals surface area contributed by atoms with E-state index in [9.17, 15) is 0 Å². The molecule has 0 unspecified atom stereocenters. The maximum Gasteiger partial charge on any atom is 0.156 e. The van der Waals surface area contributed by atoms with Crippen molar-refractivity contribution >= 4 is 23.2 Å². The van der Waals surface area contributed by atoms with Crippen LogP contribution in [-0.2, 0) is 9.47 Å². The lowest BCUT2D eigenvalue weighted by Crippen LogP contribution is -3.00. The second-order valence-corrected chi connectivity index (χ2v) is 12.0. The molecule has 0 fully saturated rings. The lowest BCUT2D eigenvalue weighted by molar-refractivity contribution is -0.107. The van der Waals surface area contributed by atoms with Gasteiger partial charge in [-0.25, -0.2) is 0 Å². The molecule has 0 aromatic heterocycles. The van der Waals surface area contributed by atoms with Crippen LogP contribution in [0.5, 0.6) is 0 Å². The van der Waals surface area contributed by atoms with Crippen LogP contribution in [0.25, 0.3) is 0 Å². The van der Waals surface area contributed by atoms with Gasteiger partial charge in [-0.1, -0.05) is 73.9 Å². The van der Waals surface area contributed by atoms with Crippen molar-refractivity contribution in [3.8, 4) is 0 Å². The lowest BCUT2D eigenvalue weighted by atomic mass is 10.1. The summed E-state index contributed by atoms with van der Waals surface area (Å²) in [6.45, 7) is 0. The predicted octanol–water partition coefficient (Wildman–Crippen LogP) is 3.33. The average molecular weight is 485 g/mol.